The van der Waals surface area contributed by atoms with Gasteiger partial charge in [-0.05, 0) is 30.3 Å². The number of hydrogen-bond acceptors (Lipinski definition) is 5. The molecule has 9 nitrogen and oxygen atoms in total. The van der Waals surface area contributed by atoms with E-state index in [2.05, 4.69) is 15.4 Å². The maximum absolute atomic E-state index is 13.0. The summed E-state index contributed by atoms with van der Waals surface area (Å²) in [5.74, 6) is -0.363. The van der Waals surface area contributed by atoms with Gasteiger partial charge in [0.05, 0.1) is 34.8 Å². The van der Waals surface area contributed by atoms with Crippen molar-refractivity contribution in [1.29, 1.82) is 0 Å². The maximum Gasteiger partial charge on any atom is 0.332 e. The molecule has 0 radical (unpaired) electrons. The van der Waals surface area contributed by atoms with Gasteiger partial charge in [-0.15, -0.1) is 0 Å². The fourth-order valence-electron chi connectivity index (χ4n) is 3.85. The molecule has 0 spiro atoms. The van der Waals surface area contributed by atoms with E-state index in [-0.39, 0.29) is 16.9 Å². The summed E-state index contributed by atoms with van der Waals surface area (Å²) in [6.07, 6.45) is 3.13. The van der Waals surface area contributed by atoms with Crippen molar-refractivity contribution in [3.8, 4) is 16.9 Å². The minimum atomic E-state index is -0.476. The van der Waals surface area contributed by atoms with Gasteiger partial charge >= 0.3 is 5.69 Å². The molecular formula is C25H20N6O3. The first-order chi connectivity index (χ1) is 16.4. The lowest BCUT2D eigenvalue weighted by Crippen LogP contribution is -2.37. The molecule has 1 N–H and O–H groups in total. The molecular weight excluding hydrogens is 432 g/mol. The molecule has 0 unspecified atom stereocenters. The number of carbonyl (C=O) groups excluding carboxylic acids is 1. The van der Waals surface area contributed by atoms with Gasteiger partial charge in [0.2, 0.25) is 0 Å². The molecule has 168 valence electrons. The molecule has 0 aliphatic heterocycles. The molecule has 0 atom stereocenters. The van der Waals surface area contributed by atoms with Crippen LogP contribution in [0.15, 0.2) is 88.7 Å². The molecule has 0 saturated carbocycles. The molecule has 5 rings (SSSR count). The number of benzene rings is 2. The average molecular weight is 452 g/mol. The summed E-state index contributed by atoms with van der Waals surface area (Å²) in [6.45, 7) is 0. The van der Waals surface area contributed by atoms with E-state index >= 15 is 0 Å². The highest BCUT2D eigenvalue weighted by Crippen LogP contribution is 2.23. The largest absolute Gasteiger partial charge is 0.332 e. The Kier molecular flexibility index (Phi) is 5.14. The van der Waals surface area contributed by atoms with Crippen LogP contribution in [-0.4, -0.2) is 29.8 Å². The van der Waals surface area contributed by atoms with Crippen molar-refractivity contribution in [2.24, 2.45) is 14.1 Å². The van der Waals surface area contributed by atoms with Gasteiger partial charge < -0.3 is 5.32 Å². The fourth-order valence-corrected chi connectivity index (χ4v) is 3.85. The number of anilines is 1. The summed E-state index contributed by atoms with van der Waals surface area (Å²) in [6, 6.07) is 20.4. The minimum Gasteiger partial charge on any atom is -0.321 e. The quantitative estimate of drug-likeness (QED) is 0.452. The fraction of sp³-hybridized carbons (Fsp3) is 0.0800. The Morgan fingerprint density at radius 2 is 1.71 bits per heavy atom. The highest BCUT2D eigenvalue weighted by atomic mass is 16.2. The Labute approximate surface area is 193 Å². The SMILES string of the molecule is Cn1c(=O)c2cc(NC(=O)c3cccc(-n4nccc4-c4ccccc4)c3)cnc2n(C)c1=O. The van der Waals surface area contributed by atoms with Crippen LogP contribution in [0.3, 0.4) is 0 Å². The Hall–Kier alpha value is -4.79. The second-order valence-electron chi connectivity index (χ2n) is 7.80. The van der Waals surface area contributed by atoms with E-state index in [9.17, 15) is 14.4 Å². The first-order valence-corrected chi connectivity index (χ1v) is 10.5. The molecule has 0 fully saturated rings. The second-order valence-corrected chi connectivity index (χ2v) is 7.80. The number of nitrogens with zero attached hydrogens (tertiary/aromatic N) is 5. The summed E-state index contributed by atoms with van der Waals surface area (Å²) in [5, 5.41) is 7.44. The third kappa shape index (κ3) is 3.58. The third-order valence-corrected chi connectivity index (χ3v) is 5.62. The highest BCUT2D eigenvalue weighted by molar-refractivity contribution is 6.05. The van der Waals surface area contributed by atoms with Gasteiger partial charge in [0.25, 0.3) is 11.5 Å². The van der Waals surface area contributed by atoms with Crippen LogP contribution in [0, 0.1) is 0 Å². The van der Waals surface area contributed by atoms with E-state index in [4.69, 9.17) is 0 Å². The lowest BCUT2D eigenvalue weighted by molar-refractivity contribution is 0.102. The Morgan fingerprint density at radius 1 is 0.912 bits per heavy atom. The molecule has 34 heavy (non-hydrogen) atoms. The molecule has 0 bridgehead atoms. The van der Waals surface area contributed by atoms with Crippen LogP contribution < -0.4 is 16.6 Å². The Balaban J connectivity index is 1.47. The number of amides is 1. The molecule has 9 heteroatoms. The smallest absolute Gasteiger partial charge is 0.321 e. The number of carbonyl (C=O) groups is 1. The van der Waals surface area contributed by atoms with Gasteiger partial charge in [-0.3, -0.25) is 18.7 Å². The van der Waals surface area contributed by atoms with Gasteiger partial charge in [-0.2, -0.15) is 5.10 Å². The predicted molar refractivity (Wildman–Crippen MR) is 129 cm³/mol. The zero-order chi connectivity index (χ0) is 23.8. The Bertz CT molecular complexity index is 1660. The van der Waals surface area contributed by atoms with Crippen molar-refractivity contribution in [3.05, 3.63) is 106 Å². The van der Waals surface area contributed by atoms with Gasteiger partial charge in [0, 0.05) is 25.2 Å². The van der Waals surface area contributed by atoms with Crippen LogP contribution in [0.5, 0.6) is 0 Å². The lowest BCUT2D eigenvalue weighted by Gasteiger charge is -2.11. The average Bonchev–Trinajstić information content (AvgIpc) is 3.37. The number of pyridine rings is 1. The van der Waals surface area contributed by atoms with Crippen LogP contribution in [0.1, 0.15) is 10.4 Å². The second kappa shape index (κ2) is 8.28. The van der Waals surface area contributed by atoms with Crippen molar-refractivity contribution in [2.75, 3.05) is 5.32 Å². The monoisotopic (exact) mass is 452 g/mol. The van der Waals surface area contributed by atoms with Crippen LogP contribution in [0.25, 0.3) is 28.0 Å². The zero-order valence-corrected chi connectivity index (χ0v) is 18.5. The van der Waals surface area contributed by atoms with Gasteiger partial charge in [-0.1, -0.05) is 36.4 Å². The van der Waals surface area contributed by atoms with Crippen LogP contribution in [0.4, 0.5) is 5.69 Å². The third-order valence-electron chi connectivity index (χ3n) is 5.62. The van der Waals surface area contributed by atoms with Crippen LogP contribution in [-0.2, 0) is 14.1 Å². The maximum atomic E-state index is 13.0. The molecule has 0 saturated heterocycles. The van der Waals surface area contributed by atoms with Crippen molar-refractivity contribution in [3.63, 3.8) is 0 Å². The van der Waals surface area contributed by atoms with E-state index in [1.54, 1.807) is 36.1 Å². The number of aryl methyl sites for hydroxylation is 1. The summed E-state index contributed by atoms with van der Waals surface area (Å²) in [7, 11) is 2.94. The normalized spacial score (nSPS) is 11.0. The first-order valence-electron chi connectivity index (χ1n) is 10.5. The number of rotatable bonds is 4. The molecule has 0 aliphatic rings. The zero-order valence-electron chi connectivity index (χ0n) is 18.5. The summed E-state index contributed by atoms with van der Waals surface area (Å²) >= 11 is 0. The standard InChI is InChI=1S/C25H20N6O3/c1-29-22-20(24(33)30(2)25(29)34)14-18(15-26-22)28-23(32)17-9-6-10-19(13-17)31-21(11-12-27-31)16-7-4-3-5-8-16/h3-15H,1-2H3,(H,28,32). The van der Waals surface area contributed by atoms with E-state index in [1.165, 1.54) is 23.9 Å². The molecule has 0 aliphatic carbocycles. The number of aromatic nitrogens is 5. The lowest BCUT2D eigenvalue weighted by atomic mass is 10.1. The van der Waals surface area contributed by atoms with Crippen molar-refractivity contribution in [2.45, 2.75) is 0 Å². The molecule has 3 heterocycles. The summed E-state index contributed by atoms with van der Waals surface area (Å²) in [5.41, 5.74) is 2.72. The van der Waals surface area contributed by atoms with Crippen molar-refractivity contribution < 1.29 is 4.79 Å². The van der Waals surface area contributed by atoms with E-state index in [1.807, 2.05) is 42.5 Å². The predicted octanol–water partition coefficient (Wildman–Crippen LogP) is 2.74. The first kappa shape index (κ1) is 21.1. The van der Waals surface area contributed by atoms with Gasteiger partial charge in [-0.25, -0.2) is 14.5 Å². The highest BCUT2D eigenvalue weighted by Gasteiger charge is 2.14. The van der Waals surface area contributed by atoms with Crippen LogP contribution in [0.2, 0.25) is 0 Å². The van der Waals surface area contributed by atoms with Gasteiger partial charge in [0.15, 0.2) is 0 Å². The minimum absolute atomic E-state index is 0.236. The number of fused-ring (bicyclic) bond motifs is 1. The van der Waals surface area contributed by atoms with Gasteiger partial charge in [0.1, 0.15) is 5.65 Å². The van der Waals surface area contributed by atoms with Crippen LogP contribution >= 0.6 is 0 Å². The van der Waals surface area contributed by atoms with Crippen molar-refractivity contribution >= 4 is 22.6 Å². The molecule has 2 aromatic carbocycles. The van der Waals surface area contributed by atoms with E-state index < -0.39 is 11.2 Å². The summed E-state index contributed by atoms with van der Waals surface area (Å²) < 4.78 is 4.07. The van der Waals surface area contributed by atoms with Crippen molar-refractivity contribution in [1.82, 2.24) is 23.9 Å². The molecule has 3 aromatic heterocycles. The number of hydrogen-bond donors (Lipinski definition) is 1. The Morgan fingerprint density at radius 3 is 2.50 bits per heavy atom. The van der Waals surface area contributed by atoms with E-state index in [0.29, 0.717) is 11.3 Å². The molecule has 5 aromatic rings. The summed E-state index contributed by atoms with van der Waals surface area (Å²) in [4.78, 5) is 41.8. The topological polar surface area (TPSA) is 104 Å². The van der Waals surface area contributed by atoms with E-state index in [0.717, 1.165) is 21.5 Å². The number of nitrogens with one attached hydrogen (secondary N) is 1. The molecule has 1 amide bonds.